The second kappa shape index (κ2) is 15.4. The molecular formula is C20H28O5. The molecular weight excluding hydrogens is 320 g/mol. The summed E-state index contributed by atoms with van der Waals surface area (Å²) in [4.78, 5) is 10.3. The minimum atomic E-state index is -0.881. The first-order valence-electron chi connectivity index (χ1n) is 8.39. The first kappa shape index (κ1) is 22.9. The first-order chi connectivity index (χ1) is 12.0. The molecule has 0 bridgehead atoms. The molecule has 0 saturated heterocycles. The minimum absolute atomic E-state index is 0.0264. The highest BCUT2D eigenvalue weighted by Crippen LogP contribution is 2.00. The highest BCUT2D eigenvalue weighted by atomic mass is 16.4. The molecule has 0 saturated carbocycles. The van der Waals surface area contributed by atoms with Crippen LogP contribution in [0.2, 0.25) is 0 Å². The number of carboxylic acids is 1. The molecule has 0 aromatic rings. The van der Waals surface area contributed by atoms with Crippen molar-refractivity contribution in [1.29, 1.82) is 0 Å². The SMILES string of the molecule is CC[C@@H](O)/C=C/C=C\C[C@@H](O)/C=C/C=C/C#C[C@@H](O)CCCC(=O)O. The van der Waals surface area contributed by atoms with E-state index in [0.717, 1.165) is 0 Å². The van der Waals surface area contributed by atoms with Crippen molar-refractivity contribution in [3.63, 3.8) is 0 Å². The van der Waals surface area contributed by atoms with E-state index in [-0.39, 0.29) is 6.42 Å². The Morgan fingerprint density at radius 1 is 1.04 bits per heavy atom. The molecule has 5 nitrogen and oxygen atoms in total. The van der Waals surface area contributed by atoms with Crippen LogP contribution in [0, 0.1) is 11.8 Å². The lowest BCUT2D eigenvalue weighted by atomic mass is 10.1. The number of hydrogen-bond acceptors (Lipinski definition) is 4. The summed E-state index contributed by atoms with van der Waals surface area (Å²) in [5.74, 6) is 4.38. The molecule has 25 heavy (non-hydrogen) atoms. The number of rotatable bonds is 11. The summed E-state index contributed by atoms with van der Waals surface area (Å²) in [7, 11) is 0. The lowest BCUT2D eigenvalue weighted by molar-refractivity contribution is -0.137. The Labute approximate surface area is 149 Å². The molecule has 0 aliphatic rings. The Morgan fingerprint density at radius 2 is 1.72 bits per heavy atom. The molecule has 0 unspecified atom stereocenters. The van der Waals surface area contributed by atoms with E-state index in [1.165, 1.54) is 0 Å². The fourth-order valence-corrected chi connectivity index (χ4v) is 1.66. The van der Waals surface area contributed by atoms with Gasteiger partial charge in [0.2, 0.25) is 0 Å². The van der Waals surface area contributed by atoms with Gasteiger partial charge in [-0.15, -0.1) is 0 Å². The Morgan fingerprint density at radius 3 is 2.40 bits per heavy atom. The Kier molecular flexibility index (Phi) is 14.1. The molecule has 0 spiro atoms. The zero-order valence-electron chi connectivity index (χ0n) is 14.6. The van der Waals surface area contributed by atoms with Gasteiger partial charge in [0, 0.05) is 6.42 Å². The zero-order valence-corrected chi connectivity index (χ0v) is 14.6. The molecule has 4 N–H and O–H groups in total. The van der Waals surface area contributed by atoms with Gasteiger partial charge >= 0.3 is 5.97 Å². The smallest absolute Gasteiger partial charge is 0.303 e. The summed E-state index contributed by atoms with van der Waals surface area (Å²) in [5.41, 5.74) is 0. The van der Waals surface area contributed by atoms with Crippen molar-refractivity contribution < 1.29 is 25.2 Å². The molecule has 0 heterocycles. The molecule has 0 aromatic heterocycles. The summed E-state index contributed by atoms with van der Waals surface area (Å²) in [5, 5.41) is 37.0. The molecule has 0 aliphatic heterocycles. The van der Waals surface area contributed by atoms with E-state index in [9.17, 15) is 20.1 Å². The van der Waals surface area contributed by atoms with Crippen molar-refractivity contribution in [2.24, 2.45) is 0 Å². The van der Waals surface area contributed by atoms with E-state index >= 15 is 0 Å². The topological polar surface area (TPSA) is 98.0 Å². The number of aliphatic carboxylic acids is 1. The maximum absolute atomic E-state index is 10.3. The zero-order chi connectivity index (χ0) is 18.9. The monoisotopic (exact) mass is 348 g/mol. The largest absolute Gasteiger partial charge is 0.481 e. The maximum atomic E-state index is 10.3. The van der Waals surface area contributed by atoms with Crippen molar-refractivity contribution in [1.82, 2.24) is 0 Å². The average Bonchev–Trinajstić information content (AvgIpc) is 2.57. The van der Waals surface area contributed by atoms with Crippen LogP contribution in [0.3, 0.4) is 0 Å². The number of allylic oxidation sites excluding steroid dienone is 5. The van der Waals surface area contributed by atoms with Crippen LogP contribution in [-0.2, 0) is 4.79 Å². The Balaban J connectivity index is 4.00. The predicted octanol–water partition coefficient (Wildman–Crippen LogP) is 2.35. The van der Waals surface area contributed by atoms with Crippen LogP contribution in [0.4, 0.5) is 0 Å². The highest BCUT2D eigenvalue weighted by molar-refractivity contribution is 5.66. The van der Waals surface area contributed by atoms with Gasteiger partial charge in [-0.05, 0) is 31.8 Å². The molecule has 138 valence electrons. The Bertz CT molecular complexity index is 534. The van der Waals surface area contributed by atoms with Gasteiger partial charge in [0.25, 0.3) is 0 Å². The molecule has 0 amide bonds. The van der Waals surface area contributed by atoms with Gasteiger partial charge in [-0.2, -0.15) is 0 Å². The summed E-state index contributed by atoms with van der Waals surface area (Å²) < 4.78 is 0. The van der Waals surface area contributed by atoms with Crippen molar-refractivity contribution in [3.05, 3.63) is 48.6 Å². The number of carbonyl (C=O) groups is 1. The van der Waals surface area contributed by atoms with Crippen molar-refractivity contribution >= 4 is 5.97 Å². The second-order valence-electron chi connectivity index (χ2n) is 5.43. The third kappa shape index (κ3) is 16.5. The fraction of sp³-hybridized carbons (Fsp3) is 0.450. The van der Waals surface area contributed by atoms with Gasteiger partial charge in [0.15, 0.2) is 0 Å². The van der Waals surface area contributed by atoms with Crippen molar-refractivity contribution in [2.45, 2.75) is 57.3 Å². The van der Waals surface area contributed by atoms with Crippen LogP contribution in [0.15, 0.2) is 48.6 Å². The summed E-state index contributed by atoms with van der Waals surface area (Å²) in [6.45, 7) is 1.89. The van der Waals surface area contributed by atoms with Gasteiger partial charge in [-0.1, -0.05) is 61.3 Å². The van der Waals surface area contributed by atoms with Crippen LogP contribution in [-0.4, -0.2) is 44.7 Å². The maximum Gasteiger partial charge on any atom is 0.303 e. The van der Waals surface area contributed by atoms with Gasteiger partial charge in [-0.25, -0.2) is 0 Å². The molecule has 0 aliphatic carbocycles. The van der Waals surface area contributed by atoms with Crippen LogP contribution in [0.25, 0.3) is 0 Å². The third-order valence-corrected chi connectivity index (χ3v) is 3.12. The average molecular weight is 348 g/mol. The molecule has 0 radical (unpaired) electrons. The van der Waals surface area contributed by atoms with Crippen molar-refractivity contribution in [2.75, 3.05) is 0 Å². The number of aliphatic hydroxyl groups is 3. The van der Waals surface area contributed by atoms with E-state index in [1.807, 2.05) is 13.0 Å². The van der Waals surface area contributed by atoms with Gasteiger partial charge in [0.05, 0.1) is 12.2 Å². The van der Waals surface area contributed by atoms with Crippen LogP contribution >= 0.6 is 0 Å². The van der Waals surface area contributed by atoms with Crippen molar-refractivity contribution in [3.8, 4) is 11.8 Å². The molecule has 3 atom stereocenters. The lowest BCUT2D eigenvalue weighted by Gasteiger charge is -1.99. The minimum Gasteiger partial charge on any atom is -0.481 e. The number of carboxylic acid groups (broad SMARTS) is 1. The lowest BCUT2D eigenvalue weighted by Crippen LogP contribution is -2.04. The summed E-state index contributed by atoms with van der Waals surface area (Å²) >= 11 is 0. The van der Waals surface area contributed by atoms with Crippen LogP contribution in [0.5, 0.6) is 0 Å². The first-order valence-corrected chi connectivity index (χ1v) is 8.39. The van der Waals surface area contributed by atoms with Gasteiger partial charge in [0.1, 0.15) is 6.10 Å². The highest BCUT2D eigenvalue weighted by Gasteiger charge is 2.01. The van der Waals surface area contributed by atoms with E-state index in [1.54, 1.807) is 42.5 Å². The second-order valence-corrected chi connectivity index (χ2v) is 5.43. The molecule has 5 heteroatoms. The standard InChI is InChI=1S/C20H28O5/c1-2-17(21)11-8-5-9-14-18(22)12-6-3-4-7-13-19(23)15-10-16-20(24)25/h3-6,8-9,11-12,17-19,21-23H,2,10,14-16H2,1H3,(H,24,25)/b4-3+,9-5-,11-8+,12-6+/t17-,18+,19-/m1/s1. The predicted molar refractivity (Wildman–Crippen MR) is 98.8 cm³/mol. The molecule has 0 aromatic carbocycles. The van der Waals surface area contributed by atoms with Gasteiger partial charge in [-0.3, -0.25) is 4.79 Å². The van der Waals surface area contributed by atoms with E-state index in [0.29, 0.717) is 25.7 Å². The van der Waals surface area contributed by atoms with E-state index in [2.05, 4.69) is 11.8 Å². The van der Waals surface area contributed by atoms with E-state index in [4.69, 9.17) is 5.11 Å². The van der Waals surface area contributed by atoms with Crippen LogP contribution in [0.1, 0.15) is 39.0 Å². The number of aliphatic hydroxyl groups excluding tert-OH is 3. The van der Waals surface area contributed by atoms with E-state index < -0.39 is 24.3 Å². The molecule has 0 rings (SSSR count). The van der Waals surface area contributed by atoms with Crippen LogP contribution < -0.4 is 0 Å². The molecule has 0 fully saturated rings. The fourth-order valence-electron chi connectivity index (χ4n) is 1.66. The Hall–Kier alpha value is -2.13. The number of hydrogen-bond donors (Lipinski definition) is 4. The summed E-state index contributed by atoms with van der Waals surface area (Å²) in [6.07, 6.45) is 13.5. The third-order valence-electron chi connectivity index (χ3n) is 3.12. The quantitative estimate of drug-likeness (QED) is 0.339. The van der Waals surface area contributed by atoms with Gasteiger partial charge < -0.3 is 20.4 Å². The summed E-state index contributed by atoms with van der Waals surface area (Å²) in [6, 6.07) is 0. The normalized spacial score (nSPS) is 15.7.